The highest BCUT2D eigenvalue weighted by molar-refractivity contribution is 5.68. The molecule has 0 bridgehead atoms. The van der Waals surface area contributed by atoms with Crippen LogP contribution in [-0.2, 0) is 4.79 Å². The molecule has 1 aromatic carbocycles. The van der Waals surface area contributed by atoms with Gasteiger partial charge in [-0.3, -0.25) is 4.79 Å². The summed E-state index contributed by atoms with van der Waals surface area (Å²) in [6.07, 6.45) is 5.12. The average molecular weight is 216 g/mol. The lowest BCUT2D eigenvalue weighted by atomic mass is 10.0. The van der Waals surface area contributed by atoms with E-state index < -0.39 is 5.97 Å². The van der Waals surface area contributed by atoms with Crippen LogP contribution in [0.15, 0.2) is 49.1 Å². The Morgan fingerprint density at radius 2 is 2.12 bits per heavy atom. The summed E-state index contributed by atoms with van der Waals surface area (Å²) >= 11 is 0. The van der Waals surface area contributed by atoms with Crippen molar-refractivity contribution in [2.45, 2.75) is 12.5 Å². The minimum Gasteiger partial charge on any atom is -0.481 e. The maximum Gasteiger partial charge on any atom is 0.305 e. The number of benzene rings is 1. The zero-order chi connectivity index (χ0) is 11.4. The van der Waals surface area contributed by atoms with Crippen molar-refractivity contribution in [3.63, 3.8) is 0 Å². The fraction of sp³-hybridized carbons (Fsp3) is 0.167. The molecule has 0 radical (unpaired) electrons. The Labute approximate surface area is 93.2 Å². The number of hydrogen-bond acceptors (Lipinski definition) is 2. The van der Waals surface area contributed by atoms with Gasteiger partial charge in [-0.05, 0) is 5.56 Å². The van der Waals surface area contributed by atoms with Gasteiger partial charge in [0, 0.05) is 12.4 Å². The molecule has 0 aliphatic heterocycles. The van der Waals surface area contributed by atoms with E-state index in [1.54, 1.807) is 18.7 Å². The standard InChI is InChI=1S/C12H12N2O2/c15-12(16)8-11(14-7-6-13-9-14)10-4-2-1-3-5-10/h1-7,9,11H,8H2,(H,15,16). The van der Waals surface area contributed by atoms with E-state index >= 15 is 0 Å². The molecule has 0 amide bonds. The van der Waals surface area contributed by atoms with Gasteiger partial charge in [0.25, 0.3) is 0 Å². The second-order valence-corrected chi connectivity index (χ2v) is 3.53. The first kappa shape index (κ1) is 10.4. The van der Waals surface area contributed by atoms with Crippen molar-refractivity contribution in [1.82, 2.24) is 9.55 Å². The quantitative estimate of drug-likeness (QED) is 0.849. The van der Waals surface area contributed by atoms with Crippen LogP contribution >= 0.6 is 0 Å². The molecule has 4 heteroatoms. The largest absolute Gasteiger partial charge is 0.481 e. The lowest BCUT2D eigenvalue weighted by molar-refractivity contribution is -0.137. The van der Waals surface area contributed by atoms with E-state index in [2.05, 4.69) is 4.98 Å². The summed E-state index contributed by atoms with van der Waals surface area (Å²) in [4.78, 5) is 14.8. The van der Waals surface area contributed by atoms with E-state index in [0.717, 1.165) is 5.56 Å². The smallest absolute Gasteiger partial charge is 0.305 e. The number of imidazole rings is 1. The molecule has 0 spiro atoms. The molecule has 82 valence electrons. The Morgan fingerprint density at radius 1 is 1.38 bits per heavy atom. The Hall–Kier alpha value is -2.10. The van der Waals surface area contributed by atoms with Crippen molar-refractivity contribution in [1.29, 1.82) is 0 Å². The van der Waals surface area contributed by atoms with Crippen LogP contribution in [0.2, 0.25) is 0 Å². The van der Waals surface area contributed by atoms with Crippen molar-refractivity contribution in [3.05, 3.63) is 54.6 Å². The first-order chi connectivity index (χ1) is 7.77. The second kappa shape index (κ2) is 4.61. The van der Waals surface area contributed by atoms with Crippen LogP contribution in [0, 0.1) is 0 Å². The molecule has 0 saturated heterocycles. The summed E-state index contributed by atoms with van der Waals surface area (Å²) in [5.74, 6) is -0.817. The van der Waals surface area contributed by atoms with Crippen LogP contribution in [0.5, 0.6) is 0 Å². The molecule has 16 heavy (non-hydrogen) atoms. The molecule has 1 N–H and O–H groups in total. The monoisotopic (exact) mass is 216 g/mol. The van der Waals surface area contributed by atoms with Gasteiger partial charge in [-0.1, -0.05) is 30.3 Å². The molecule has 2 rings (SSSR count). The number of aromatic nitrogens is 2. The number of carboxylic acid groups (broad SMARTS) is 1. The molecule has 0 aliphatic carbocycles. The van der Waals surface area contributed by atoms with E-state index in [4.69, 9.17) is 5.11 Å². The number of hydrogen-bond donors (Lipinski definition) is 1. The summed E-state index contributed by atoms with van der Waals surface area (Å²) in [6.45, 7) is 0. The highest BCUT2D eigenvalue weighted by Gasteiger charge is 2.16. The topological polar surface area (TPSA) is 55.1 Å². The van der Waals surface area contributed by atoms with E-state index in [0.29, 0.717) is 0 Å². The Morgan fingerprint density at radius 3 is 2.69 bits per heavy atom. The SMILES string of the molecule is O=C(O)CC(c1ccccc1)n1ccnc1. The van der Waals surface area contributed by atoms with Crippen molar-refractivity contribution in [2.75, 3.05) is 0 Å². The maximum absolute atomic E-state index is 10.8. The minimum atomic E-state index is -0.817. The first-order valence-corrected chi connectivity index (χ1v) is 5.01. The fourth-order valence-electron chi connectivity index (χ4n) is 1.69. The van der Waals surface area contributed by atoms with Crippen molar-refractivity contribution >= 4 is 5.97 Å². The van der Waals surface area contributed by atoms with E-state index in [9.17, 15) is 4.79 Å². The molecular formula is C12H12N2O2. The molecule has 1 unspecified atom stereocenters. The number of aliphatic carboxylic acids is 1. The molecule has 2 aromatic rings. The summed E-state index contributed by atoms with van der Waals surface area (Å²) in [5, 5.41) is 8.91. The minimum absolute atomic E-state index is 0.0559. The Balaban J connectivity index is 2.32. The van der Waals surface area contributed by atoms with Gasteiger partial charge in [-0.15, -0.1) is 0 Å². The number of rotatable bonds is 4. The molecule has 0 saturated carbocycles. The Bertz CT molecular complexity index is 451. The molecule has 1 atom stereocenters. The van der Waals surface area contributed by atoms with Crippen molar-refractivity contribution in [2.24, 2.45) is 0 Å². The van der Waals surface area contributed by atoms with Crippen LogP contribution in [0.25, 0.3) is 0 Å². The molecular weight excluding hydrogens is 204 g/mol. The lowest BCUT2D eigenvalue weighted by Gasteiger charge is -2.16. The highest BCUT2D eigenvalue weighted by Crippen LogP contribution is 2.21. The summed E-state index contributed by atoms with van der Waals surface area (Å²) < 4.78 is 1.81. The van der Waals surface area contributed by atoms with Gasteiger partial charge < -0.3 is 9.67 Å². The van der Waals surface area contributed by atoms with Crippen LogP contribution < -0.4 is 0 Å². The third-order valence-electron chi connectivity index (χ3n) is 2.44. The average Bonchev–Trinajstić information content (AvgIpc) is 2.80. The molecule has 4 nitrogen and oxygen atoms in total. The first-order valence-electron chi connectivity index (χ1n) is 5.01. The molecule has 0 fully saturated rings. The van der Waals surface area contributed by atoms with Gasteiger partial charge in [0.2, 0.25) is 0 Å². The van der Waals surface area contributed by atoms with Gasteiger partial charge in [-0.25, -0.2) is 4.98 Å². The Kier molecular flexibility index (Phi) is 3.00. The van der Waals surface area contributed by atoms with Crippen LogP contribution in [-0.4, -0.2) is 20.6 Å². The number of carboxylic acids is 1. The van der Waals surface area contributed by atoms with Crippen LogP contribution in [0.3, 0.4) is 0 Å². The van der Waals surface area contributed by atoms with Gasteiger partial charge in [0.15, 0.2) is 0 Å². The zero-order valence-electron chi connectivity index (χ0n) is 8.65. The van der Waals surface area contributed by atoms with Crippen molar-refractivity contribution in [3.8, 4) is 0 Å². The maximum atomic E-state index is 10.8. The van der Waals surface area contributed by atoms with E-state index in [1.165, 1.54) is 0 Å². The zero-order valence-corrected chi connectivity index (χ0v) is 8.65. The van der Waals surface area contributed by atoms with Crippen LogP contribution in [0.1, 0.15) is 18.0 Å². The summed E-state index contributed by atoms with van der Waals surface area (Å²) in [7, 11) is 0. The highest BCUT2D eigenvalue weighted by atomic mass is 16.4. The van der Waals surface area contributed by atoms with Gasteiger partial charge in [0.1, 0.15) is 0 Å². The van der Waals surface area contributed by atoms with Crippen molar-refractivity contribution < 1.29 is 9.90 Å². The molecule has 0 aliphatic rings. The van der Waals surface area contributed by atoms with Crippen LogP contribution in [0.4, 0.5) is 0 Å². The van der Waals surface area contributed by atoms with Gasteiger partial charge in [-0.2, -0.15) is 0 Å². The predicted molar refractivity (Wildman–Crippen MR) is 59.1 cm³/mol. The summed E-state index contributed by atoms with van der Waals surface area (Å²) in [5.41, 5.74) is 0.975. The van der Waals surface area contributed by atoms with E-state index in [1.807, 2.05) is 34.9 Å². The van der Waals surface area contributed by atoms with E-state index in [-0.39, 0.29) is 12.5 Å². The molecule has 1 heterocycles. The predicted octanol–water partition coefficient (Wildman–Crippen LogP) is 1.95. The normalized spacial score (nSPS) is 12.2. The number of nitrogens with zero attached hydrogens (tertiary/aromatic N) is 2. The third-order valence-corrected chi connectivity index (χ3v) is 2.44. The number of carbonyl (C=O) groups is 1. The lowest BCUT2D eigenvalue weighted by Crippen LogP contribution is -2.13. The second-order valence-electron chi connectivity index (χ2n) is 3.53. The fourth-order valence-corrected chi connectivity index (χ4v) is 1.69. The third kappa shape index (κ3) is 2.28. The summed E-state index contributed by atoms with van der Waals surface area (Å²) in [6, 6.07) is 9.37. The van der Waals surface area contributed by atoms with Gasteiger partial charge >= 0.3 is 5.97 Å². The molecule has 1 aromatic heterocycles. The van der Waals surface area contributed by atoms with Gasteiger partial charge in [0.05, 0.1) is 18.8 Å².